The van der Waals surface area contributed by atoms with E-state index in [4.69, 9.17) is 11.6 Å². The van der Waals surface area contributed by atoms with Gasteiger partial charge in [-0.3, -0.25) is 4.79 Å². The zero-order chi connectivity index (χ0) is 15.4. The molecule has 2 nitrogen and oxygen atoms in total. The number of nitrogens with zero attached hydrogens (tertiary/aromatic N) is 1. The van der Waals surface area contributed by atoms with Gasteiger partial charge in [0, 0.05) is 35.3 Å². The van der Waals surface area contributed by atoms with E-state index in [2.05, 4.69) is 4.90 Å². The number of hydrogen-bond donors (Lipinski definition) is 0. The van der Waals surface area contributed by atoms with Crippen LogP contribution in [0, 0.1) is 0 Å². The first-order valence-electron chi connectivity index (χ1n) is 7.84. The molecule has 3 heteroatoms. The molecule has 0 aliphatic carbocycles. The molecule has 3 rings (SSSR count). The van der Waals surface area contributed by atoms with Gasteiger partial charge in [-0.25, -0.2) is 0 Å². The summed E-state index contributed by atoms with van der Waals surface area (Å²) in [6.07, 6.45) is 4.02. The van der Waals surface area contributed by atoms with Crippen LogP contribution in [-0.2, 0) is 0 Å². The molecule has 0 saturated carbocycles. The second kappa shape index (κ2) is 6.97. The number of carbonyl (C=O) groups is 1. The molecule has 114 valence electrons. The molecule has 1 heterocycles. The number of halogens is 1. The zero-order valence-electron chi connectivity index (χ0n) is 12.5. The van der Waals surface area contributed by atoms with E-state index in [9.17, 15) is 4.79 Å². The summed E-state index contributed by atoms with van der Waals surface area (Å²) in [5.41, 5.74) is 1.97. The molecule has 0 N–H and O–H groups in total. The Balaban J connectivity index is 1.75. The number of carbonyl (C=O) groups excluding carboxylic acids is 1. The molecule has 2 aromatic rings. The summed E-state index contributed by atoms with van der Waals surface area (Å²) in [5, 5.41) is 0.748. The quantitative estimate of drug-likeness (QED) is 0.743. The van der Waals surface area contributed by atoms with E-state index in [1.165, 1.54) is 12.8 Å². The van der Waals surface area contributed by atoms with Crippen molar-refractivity contribution in [1.29, 1.82) is 0 Å². The SMILES string of the molecule is O=C(CC1CCCCN1c1ccc(Cl)cc1)c1ccccc1. The fraction of sp³-hybridized carbons (Fsp3) is 0.316. The highest BCUT2D eigenvalue weighted by atomic mass is 35.5. The van der Waals surface area contributed by atoms with Crippen molar-refractivity contribution in [3.05, 3.63) is 65.2 Å². The van der Waals surface area contributed by atoms with Crippen LogP contribution in [0.1, 0.15) is 36.0 Å². The molecule has 0 aromatic heterocycles. The summed E-state index contributed by atoms with van der Waals surface area (Å²) in [5.74, 6) is 0.228. The summed E-state index contributed by atoms with van der Waals surface area (Å²) in [6.45, 7) is 1.01. The lowest BCUT2D eigenvalue weighted by Crippen LogP contribution is -2.40. The minimum atomic E-state index is 0.228. The predicted octanol–water partition coefficient (Wildman–Crippen LogP) is 4.97. The fourth-order valence-corrected chi connectivity index (χ4v) is 3.27. The van der Waals surface area contributed by atoms with Crippen molar-refractivity contribution < 1.29 is 4.79 Å². The Morgan fingerprint density at radius 1 is 1.05 bits per heavy atom. The summed E-state index contributed by atoms with van der Waals surface area (Å²) in [7, 11) is 0. The standard InChI is InChI=1S/C19H20ClNO/c20-16-9-11-17(12-10-16)21-13-5-4-8-18(21)14-19(22)15-6-2-1-3-7-15/h1-3,6-7,9-12,18H,4-5,8,13-14H2. The zero-order valence-corrected chi connectivity index (χ0v) is 13.3. The van der Waals surface area contributed by atoms with Crippen molar-refractivity contribution in [2.45, 2.75) is 31.7 Å². The Morgan fingerprint density at radius 3 is 2.50 bits per heavy atom. The molecule has 1 atom stereocenters. The molecule has 1 saturated heterocycles. The third-order valence-electron chi connectivity index (χ3n) is 4.30. The van der Waals surface area contributed by atoms with Crippen LogP contribution in [0.4, 0.5) is 5.69 Å². The van der Waals surface area contributed by atoms with Gasteiger partial charge in [0.25, 0.3) is 0 Å². The molecule has 0 amide bonds. The van der Waals surface area contributed by atoms with Gasteiger partial charge in [-0.2, -0.15) is 0 Å². The number of benzene rings is 2. The lowest BCUT2D eigenvalue weighted by atomic mass is 9.94. The number of piperidine rings is 1. The first-order valence-corrected chi connectivity index (χ1v) is 8.22. The van der Waals surface area contributed by atoms with E-state index in [0.717, 1.165) is 29.2 Å². The van der Waals surface area contributed by atoms with E-state index >= 15 is 0 Å². The largest absolute Gasteiger partial charge is 0.368 e. The first-order chi connectivity index (χ1) is 10.7. The normalized spacial score (nSPS) is 18.2. The molecule has 0 spiro atoms. The Kier molecular flexibility index (Phi) is 4.79. The monoisotopic (exact) mass is 313 g/mol. The van der Waals surface area contributed by atoms with Gasteiger partial charge in [0.05, 0.1) is 0 Å². The van der Waals surface area contributed by atoms with Gasteiger partial charge < -0.3 is 4.90 Å². The summed E-state index contributed by atoms with van der Waals surface area (Å²) >= 11 is 5.98. The summed E-state index contributed by atoms with van der Waals surface area (Å²) in [6, 6.07) is 17.8. The predicted molar refractivity (Wildman–Crippen MR) is 91.8 cm³/mol. The molecular weight excluding hydrogens is 294 g/mol. The van der Waals surface area contributed by atoms with Crippen molar-refractivity contribution in [3.63, 3.8) is 0 Å². The first kappa shape index (κ1) is 15.1. The van der Waals surface area contributed by atoms with Crippen molar-refractivity contribution in [2.75, 3.05) is 11.4 Å². The van der Waals surface area contributed by atoms with Crippen LogP contribution in [0.5, 0.6) is 0 Å². The summed E-state index contributed by atoms with van der Waals surface area (Å²) in [4.78, 5) is 14.9. The Hall–Kier alpha value is -1.80. The van der Waals surface area contributed by atoms with Gasteiger partial charge in [0.1, 0.15) is 0 Å². The van der Waals surface area contributed by atoms with Crippen LogP contribution in [0.2, 0.25) is 5.02 Å². The molecule has 0 bridgehead atoms. The maximum atomic E-state index is 12.5. The highest BCUT2D eigenvalue weighted by molar-refractivity contribution is 6.30. The van der Waals surface area contributed by atoms with Crippen LogP contribution in [0.3, 0.4) is 0 Å². The van der Waals surface area contributed by atoms with Crippen LogP contribution >= 0.6 is 11.6 Å². The molecule has 2 aromatic carbocycles. The molecular formula is C19H20ClNO. The minimum Gasteiger partial charge on any atom is -0.368 e. The van der Waals surface area contributed by atoms with Crippen LogP contribution in [-0.4, -0.2) is 18.4 Å². The van der Waals surface area contributed by atoms with Gasteiger partial charge in [0.15, 0.2) is 5.78 Å². The van der Waals surface area contributed by atoms with Crippen LogP contribution in [0.15, 0.2) is 54.6 Å². The smallest absolute Gasteiger partial charge is 0.164 e. The van der Waals surface area contributed by atoms with E-state index in [-0.39, 0.29) is 11.8 Å². The Bertz CT molecular complexity index is 624. The number of ketones is 1. The Labute approximate surface area is 136 Å². The molecule has 1 unspecified atom stereocenters. The van der Waals surface area contributed by atoms with Gasteiger partial charge >= 0.3 is 0 Å². The average Bonchev–Trinajstić information content (AvgIpc) is 2.57. The number of hydrogen-bond acceptors (Lipinski definition) is 2. The van der Waals surface area contributed by atoms with Crippen molar-refractivity contribution in [3.8, 4) is 0 Å². The topological polar surface area (TPSA) is 20.3 Å². The van der Waals surface area contributed by atoms with E-state index in [0.29, 0.717) is 6.42 Å². The Morgan fingerprint density at radius 2 is 1.77 bits per heavy atom. The van der Waals surface area contributed by atoms with Gasteiger partial charge in [-0.1, -0.05) is 41.9 Å². The second-order valence-corrected chi connectivity index (χ2v) is 6.25. The highest BCUT2D eigenvalue weighted by Crippen LogP contribution is 2.28. The van der Waals surface area contributed by atoms with E-state index in [1.54, 1.807) is 0 Å². The van der Waals surface area contributed by atoms with Crippen LogP contribution < -0.4 is 4.90 Å². The van der Waals surface area contributed by atoms with Gasteiger partial charge in [0.2, 0.25) is 0 Å². The third kappa shape index (κ3) is 3.50. The lowest BCUT2D eigenvalue weighted by Gasteiger charge is -2.37. The summed E-state index contributed by atoms with van der Waals surface area (Å²) < 4.78 is 0. The molecule has 0 radical (unpaired) electrons. The van der Waals surface area contributed by atoms with Crippen molar-refractivity contribution in [2.24, 2.45) is 0 Å². The maximum absolute atomic E-state index is 12.5. The maximum Gasteiger partial charge on any atom is 0.164 e. The van der Waals surface area contributed by atoms with E-state index in [1.807, 2.05) is 54.6 Å². The van der Waals surface area contributed by atoms with Crippen molar-refractivity contribution in [1.82, 2.24) is 0 Å². The lowest BCUT2D eigenvalue weighted by molar-refractivity contribution is 0.0969. The van der Waals surface area contributed by atoms with Gasteiger partial charge in [-0.05, 0) is 43.5 Å². The van der Waals surface area contributed by atoms with E-state index < -0.39 is 0 Å². The average molecular weight is 314 g/mol. The molecule has 1 fully saturated rings. The number of anilines is 1. The molecule has 1 aliphatic heterocycles. The molecule has 22 heavy (non-hydrogen) atoms. The number of rotatable bonds is 4. The highest BCUT2D eigenvalue weighted by Gasteiger charge is 2.25. The second-order valence-electron chi connectivity index (χ2n) is 5.81. The third-order valence-corrected chi connectivity index (χ3v) is 4.55. The molecule has 1 aliphatic rings. The fourth-order valence-electron chi connectivity index (χ4n) is 3.14. The van der Waals surface area contributed by atoms with Crippen molar-refractivity contribution >= 4 is 23.1 Å². The van der Waals surface area contributed by atoms with Gasteiger partial charge in [-0.15, -0.1) is 0 Å². The minimum absolute atomic E-state index is 0.228. The number of Topliss-reactive ketones (excluding diaryl/α,β-unsaturated/α-hetero) is 1. The van der Waals surface area contributed by atoms with Crippen LogP contribution in [0.25, 0.3) is 0 Å².